The van der Waals surface area contributed by atoms with Gasteiger partial charge in [-0.05, 0) is 39.8 Å². The molecule has 1 aliphatic rings. The zero-order chi connectivity index (χ0) is 11.4. The first kappa shape index (κ1) is 11.6. The summed E-state index contributed by atoms with van der Waals surface area (Å²) in [6.07, 6.45) is 2.71. The molecule has 1 aromatic heterocycles. The Labute approximate surface area is 97.0 Å². The minimum atomic E-state index is 0.503. The van der Waals surface area contributed by atoms with Crippen molar-refractivity contribution in [3.05, 3.63) is 17.5 Å². The van der Waals surface area contributed by atoms with E-state index in [-0.39, 0.29) is 0 Å². The van der Waals surface area contributed by atoms with Crippen molar-refractivity contribution in [3.63, 3.8) is 0 Å². The van der Waals surface area contributed by atoms with Crippen molar-refractivity contribution in [2.24, 2.45) is 0 Å². The number of hydrogen-bond acceptors (Lipinski definition) is 4. The molecule has 2 heterocycles. The molecule has 0 radical (unpaired) electrons. The van der Waals surface area contributed by atoms with Crippen LogP contribution in [0.25, 0.3) is 0 Å². The molecule has 0 aromatic carbocycles. The van der Waals surface area contributed by atoms with Crippen molar-refractivity contribution in [2.75, 3.05) is 19.6 Å². The zero-order valence-electron chi connectivity index (χ0n) is 10.2. The molecule has 1 aliphatic heterocycles. The highest BCUT2D eigenvalue weighted by molar-refractivity contribution is 5.02. The van der Waals surface area contributed by atoms with E-state index in [4.69, 9.17) is 4.52 Å². The summed E-state index contributed by atoms with van der Waals surface area (Å²) in [4.78, 5) is 2.52. The summed E-state index contributed by atoms with van der Waals surface area (Å²) in [7, 11) is 0. The second kappa shape index (κ2) is 5.46. The molecule has 4 nitrogen and oxygen atoms in total. The number of aryl methyl sites for hydroxylation is 1. The van der Waals surface area contributed by atoms with Crippen LogP contribution in [0.2, 0.25) is 0 Å². The van der Waals surface area contributed by atoms with E-state index in [1.54, 1.807) is 0 Å². The standard InChI is InChI=1S/C12H21N3O/c1-10-7-12(16-14-10)8-13-11(2)9-15-5-3-4-6-15/h7,11,13H,3-6,8-9H2,1-2H3. The van der Waals surface area contributed by atoms with E-state index in [0.717, 1.165) is 24.5 Å². The van der Waals surface area contributed by atoms with Gasteiger partial charge in [0.2, 0.25) is 0 Å². The minimum absolute atomic E-state index is 0.503. The van der Waals surface area contributed by atoms with E-state index in [9.17, 15) is 0 Å². The van der Waals surface area contributed by atoms with Gasteiger partial charge < -0.3 is 14.7 Å². The summed E-state index contributed by atoms with van der Waals surface area (Å²) in [5.74, 6) is 0.922. The molecule has 1 saturated heterocycles. The van der Waals surface area contributed by atoms with Gasteiger partial charge in [0, 0.05) is 18.7 Å². The van der Waals surface area contributed by atoms with Crippen LogP contribution < -0.4 is 5.32 Å². The molecule has 1 aromatic rings. The van der Waals surface area contributed by atoms with Crippen molar-refractivity contribution in [1.29, 1.82) is 0 Å². The lowest BCUT2D eigenvalue weighted by Gasteiger charge is -2.20. The van der Waals surface area contributed by atoms with Crippen LogP contribution in [-0.4, -0.2) is 35.7 Å². The Morgan fingerprint density at radius 1 is 1.50 bits per heavy atom. The number of aromatic nitrogens is 1. The van der Waals surface area contributed by atoms with Gasteiger partial charge in [-0.3, -0.25) is 0 Å². The monoisotopic (exact) mass is 223 g/mol. The first-order chi connectivity index (χ1) is 7.74. The molecule has 4 heteroatoms. The topological polar surface area (TPSA) is 41.3 Å². The van der Waals surface area contributed by atoms with Gasteiger partial charge >= 0.3 is 0 Å². The Morgan fingerprint density at radius 2 is 2.25 bits per heavy atom. The van der Waals surface area contributed by atoms with Crippen LogP contribution in [0.4, 0.5) is 0 Å². The fourth-order valence-electron chi connectivity index (χ4n) is 2.19. The average Bonchev–Trinajstić information content (AvgIpc) is 2.87. The van der Waals surface area contributed by atoms with Crippen molar-refractivity contribution >= 4 is 0 Å². The molecular formula is C12H21N3O. The molecule has 16 heavy (non-hydrogen) atoms. The van der Waals surface area contributed by atoms with Gasteiger partial charge in [-0.15, -0.1) is 0 Å². The summed E-state index contributed by atoms with van der Waals surface area (Å²) in [5.41, 5.74) is 0.948. The first-order valence-electron chi connectivity index (χ1n) is 6.12. The number of nitrogens with zero attached hydrogens (tertiary/aromatic N) is 2. The number of hydrogen-bond donors (Lipinski definition) is 1. The maximum atomic E-state index is 5.16. The number of nitrogens with one attached hydrogen (secondary N) is 1. The molecule has 90 valence electrons. The molecule has 1 atom stereocenters. The summed E-state index contributed by atoms with van der Waals surface area (Å²) in [5, 5.41) is 7.34. The molecule has 1 fully saturated rings. The second-order valence-electron chi connectivity index (χ2n) is 4.72. The van der Waals surface area contributed by atoms with Crippen LogP contribution in [-0.2, 0) is 6.54 Å². The number of likely N-dealkylation sites (tertiary alicyclic amines) is 1. The maximum Gasteiger partial charge on any atom is 0.150 e. The Bertz CT molecular complexity index is 318. The SMILES string of the molecule is Cc1cc(CNC(C)CN2CCCC2)on1. The van der Waals surface area contributed by atoms with E-state index >= 15 is 0 Å². The summed E-state index contributed by atoms with van der Waals surface area (Å²) < 4.78 is 5.16. The predicted octanol–water partition coefficient (Wildman–Crippen LogP) is 1.56. The highest BCUT2D eigenvalue weighted by atomic mass is 16.5. The van der Waals surface area contributed by atoms with Crippen molar-refractivity contribution in [1.82, 2.24) is 15.4 Å². The fourth-order valence-corrected chi connectivity index (χ4v) is 2.19. The normalized spacial score (nSPS) is 19.1. The highest BCUT2D eigenvalue weighted by Crippen LogP contribution is 2.08. The van der Waals surface area contributed by atoms with Gasteiger partial charge in [0.25, 0.3) is 0 Å². The molecular weight excluding hydrogens is 202 g/mol. The van der Waals surface area contributed by atoms with Crippen molar-refractivity contribution in [3.8, 4) is 0 Å². The average molecular weight is 223 g/mol. The van der Waals surface area contributed by atoms with Crippen LogP contribution in [0.15, 0.2) is 10.6 Å². The van der Waals surface area contributed by atoms with Gasteiger partial charge in [0.1, 0.15) is 0 Å². The Morgan fingerprint density at radius 3 is 2.88 bits per heavy atom. The molecule has 1 N–H and O–H groups in total. The maximum absolute atomic E-state index is 5.16. The molecule has 0 aliphatic carbocycles. The summed E-state index contributed by atoms with van der Waals surface area (Å²) in [6, 6.07) is 2.48. The highest BCUT2D eigenvalue weighted by Gasteiger charge is 2.14. The quantitative estimate of drug-likeness (QED) is 0.822. The van der Waals surface area contributed by atoms with Crippen LogP contribution >= 0.6 is 0 Å². The van der Waals surface area contributed by atoms with Gasteiger partial charge in [-0.25, -0.2) is 0 Å². The van der Waals surface area contributed by atoms with E-state index in [1.807, 2.05) is 13.0 Å². The van der Waals surface area contributed by atoms with Crippen LogP contribution in [0, 0.1) is 6.92 Å². The van der Waals surface area contributed by atoms with E-state index in [0.29, 0.717) is 6.04 Å². The molecule has 0 bridgehead atoms. The van der Waals surface area contributed by atoms with Crippen LogP contribution in [0.1, 0.15) is 31.2 Å². The van der Waals surface area contributed by atoms with Crippen LogP contribution in [0.5, 0.6) is 0 Å². The Kier molecular flexibility index (Phi) is 3.96. The van der Waals surface area contributed by atoms with E-state index in [2.05, 4.69) is 22.3 Å². The molecule has 0 amide bonds. The van der Waals surface area contributed by atoms with Crippen molar-refractivity contribution < 1.29 is 4.52 Å². The first-order valence-corrected chi connectivity index (χ1v) is 6.12. The van der Waals surface area contributed by atoms with Gasteiger partial charge in [-0.1, -0.05) is 5.16 Å². The third-order valence-electron chi connectivity index (χ3n) is 3.03. The van der Waals surface area contributed by atoms with E-state index < -0.39 is 0 Å². The lowest BCUT2D eigenvalue weighted by atomic mass is 10.3. The van der Waals surface area contributed by atoms with Gasteiger partial charge in [0.05, 0.1) is 12.2 Å². The Hall–Kier alpha value is -0.870. The van der Waals surface area contributed by atoms with E-state index in [1.165, 1.54) is 25.9 Å². The zero-order valence-corrected chi connectivity index (χ0v) is 10.2. The van der Waals surface area contributed by atoms with Crippen LogP contribution in [0.3, 0.4) is 0 Å². The molecule has 2 rings (SSSR count). The van der Waals surface area contributed by atoms with Crippen molar-refractivity contribution in [2.45, 2.75) is 39.3 Å². The third kappa shape index (κ3) is 3.32. The molecule has 1 unspecified atom stereocenters. The molecule has 0 spiro atoms. The number of rotatable bonds is 5. The largest absolute Gasteiger partial charge is 0.360 e. The van der Waals surface area contributed by atoms with Gasteiger partial charge in [0.15, 0.2) is 5.76 Å². The lowest BCUT2D eigenvalue weighted by molar-refractivity contribution is 0.289. The third-order valence-corrected chi connectivity index (χ3v) is 3.03. The smallest absolute Gasteiger partial charge is 0.150 e. The minimum Gasteiger partial charge on any atom is -0.360 e. The predicted molar refractivity (Wildman–Crippen MR) is 63.2 cm³/mol. The van der Waals surface area contributed by atoms with Gasteiger partial charge in [-0.2, -0.15) is 0 Å². The fraction of sp³-hybridized carbons (Fsp3) is 0.750. The second-order valence-corrected chi connectivity index (χ2v) is 4.72. The Balaban J connectivity index is 1.68. The lowest BCUT2D eigenvalue weighted by Crippen LogP contribution is -2.37. The summed E-state index contributed by atoms with van der Waals surface area (Å²) >= 11 is 0. The summed E-state index contributed by atoms with van der Waals surface area (Å²) in [6.45, 7) is 8.59. The molecule has 0 saturated carbocycles.